The van der Waals surface area contributed by atoms with Crippen molar-refractivity contribution in [3.05, 3.63) is 34.9 Å². The van der Waals surface area contributed by atoms with Gasteiger partial charge < -0.3 is 11.1 Å². The van der Waals surface area contributed by atoms with Crippen LogP contribution in [0, 0.1) is 13.8 Å². The third-order valence-electron chi connectivity index (χ3n) is 2.31. The van der Waals surface area contributed by atoms with E-state index in [1.54, 1.807) is 12.1 Å². The van der Waals surface area contributed by atoms with Crippen molar-refractivity contribution < 1.29 is 4.79 Å². The minimum atomic E-state index is -0.182. The first-order valence-electron chi connectivity index (χ1n) is 5.45. The summed E-state index contributed by atoms with van der Waals surface area (Å²) in [4.78, 5) is 20.0. The molecule has 2 aromatic heterocycles. The monoisotopic (exact) mass is 246 g/mol. The van der Waals surface area contributed by atoms with Gasteiger partial charge >= 0.3 is 0 Å². The Bertz CT molecular complexity index is 556. The molecule has 7 nitrogen and oxygen atoms in total. The van der Waals surface area contributed by atoms with Crippen LogP contribution in [0.4, 0.5) is 5.95 Å². The number of carbonyl (C=O) groups excluding carboxylic acids is 1. The number of carbonyl (C=O) groups is 1. The SMILES string of the molecule is Cc1cc(C(=O)NCc2nc(N)n[nH]2)cc(C)n1. The molecule has 4 N–H and O–H groups in total. The normalized spacial score (nSPS) is 10.3. The van der Waals surface area contributed by atoms with Gasteiger partial charge in [0, 0.05) is 17.0 Å². The maximum atomic E-state index is 11.9. The van der Waals surface area contributed by atoms with Crippen molar-refractivity contribution in [1.29, 1.82) is 0 Å². The fourth-order valence-electron chi connectivity index (χ4n) is 1.62. The molecule has 0 unspecified atom stereocenters. The predicted octanol–water partition coefficient (Wildman–Crippen LogP) is 0.329. The van der Waals surface area contributed by atoms with Gasteiger partial charge in [-0.05, 0) is 26.0 Å². The van der Waals surface area contributed by atoms with Crippen molar-refractivity contribution in [2.24, 2.45) is 0 Å². The lowest BCUT2D eigenvalue weighted by molar-refractivity contribution is 0.0949. The van der Waals surface area contributed by atoms with Crippen LogP contribution in [-0.4, -0.2) is 26.1 Å². The number of hydrogen-bond acceptors (Lipinski definition) is 5. The van der Waals surface area contributed by atoms with Gasteiger partial charge in [-0.1, -0.05) is 0 Å². The molecule has 2 rings (SSSR count). The molecule has 18 heavy (non-hydrogen) atoms. The highest BCUT2D eigenvalue weighted by atomic mass is 16.1. The standard InChI is InChI=1S/C11H14N6O/c1-6-3-8(4-7(2)14-6)10(18)13-5-9-15-11(12)17-16-9/h3-4H,5H2,1-2H3,(H,13,18)(H3,12,15,16,17). The number of aryl methyl sites for hydroxylation is 2. The maximum absolute atomic E-state index is 11.9. The quantitative estimate of drug-likeness (QED) is 0.723. The first-order chi connectivity index (χ1) is 8.54. The van der Waals surface area contributed by atoms with E-state index in [1.807, 2.05) is 13.8 Å². The van der Waals surface area contributed by atoms with Gasteiger partial charge in [0.2, 0.25) is 5.95 Å². The molecule has 0 aliphatic heterocycles. The van der Waals surface area contributed by atoms with Gasteiger partial charge in [0.1, 0.15) is 5.82 Å². The molecule has 2 heterocycles. The molecule has 0 aliphatic carbocycles. The van der Waals surface area contributed by atoms with E-state index in [1.165, 1.54) is 0 Å². The summed E-state index contributed by atoms with van der Waals surface area (Å²) in [6.45, 7) is 3.95. The van der Waals surface area contributed by atoms with Crippen molar-refractivity contribution in [3.8, 4) is 0 Å². The van der Waals surface area contributed by atoms with E-state index in [9.17, 15) is 4.79 Å². The summed E-state index contributed by atoms with van der Waals surface area (Å²) in [5, 5.41) is 9.02. The number of nitrogens with one attached hydrogen (secondary N) is 2. The van der Waals surface area contributed by atoms with Crippen molar-refractivity contribution in [2.45, 2.75) is 20.4 Å². The zero-order chi connectivity index (χ0) is 13.1. The van der Waals surface area contributed by atoms with Crippen LogP contribution >= 0.6 is 0 Å². The summed E-state index contributed by atoms with van der Waals surface area (Å²) < 4.78 is 0. The average molecular weight is 246 g/mol. The summed E-state index contributed by atoms with van der Waals surface area (Å²) in [5.74, 6) is 0.497. The fraction of sp³-hybridized carbons (Fsp3) is 0.273. The number of H-pyrrole nitrogens is 1. The average Bonchev–Trinajstić information content (AvgIpc) is 2.70. The summed E-state index contributed by atoms with van der Waals surface area (Å²) in [6.07, 6.45) is 0. The second-order valence-corrected chi connectivity index (χ2v) is 3.96. The molecule has 0 aromatic carbocycles. The van der Waals surface area contributed by atoms with Crippen molar-refractivity contribution >= 4 is 11.9 Å². The van der Waals surface area contributed by atoms with E-state index in [4.69, 9.17) is 5.73 Å². The maximum Gasteiger partial charge on any atom is 0.251 e. The lowest BCUT2D eigenvalue weighted by atomic mass is 10.2. The Kier molecular flexibility index (Phi) is 3.22. The topological polar surface area (TPSA) is 110 Å². The largest absolute Gasteiger partial charge is 0.367 e. The fourth-order valence-corrected chi connectivity index (χ4v) is 1.62. The number of hydrogen-bond donors (Lipinski definition) is 3. The lowest BCUT2D eigenvalue weighted by Gasteiger charge is -2.05. The zero-order valence-corrected chi connectivity index (χ0v) is 10.2. The molecule has 94 valence electrons. The lowest BCUT2D eigenvalue weighted by Crippen LogP contribution is -2.23. The van der Waals surface area contributed by atoms with Crippen molar-refractivity contribution in [1.82, 2.24) is 25.5 Å². The minimum Gasteiger partial charge on any atom is -0.367 e. The third kappa shape index (κ3) is 2.82. The number of rotatable bonds is 3. The molecule has 0 saturated heterocycles. The predicted molar refractivity (Wildman–Crippen MR) is 65.7 cm³/mol. The van der Waals surface area contributed by atoms with E-state index >= 15 is 0 Å². The van der Waals surface area contributed by atoms with E-state index in [2.05, 4.69) is 25.5 Å². The Morgan fingerprint density at radius 3 is 2.56 bits per heavy atom. The van der Waals surface area contributed by atoms with Crippen LogP contribution in [0.15, 0.2) is 12.1 Å². The van der Waals surface area contributed by atoms with Gasteiger partial charge in [-0.15, -0.1) is 5.10 Å². The molecular weight excluding hydrogens is 232 g/mol. The van der Waals surface area contributed by atoms with Crippen LogP contribution < -0.4 is 11.1 Å². The summed E-state index contributed by atoms with van der Waals surface area (Å²) in [6, 6.07) is 3.47. The Morgan fingerprint density at radius 1 is 1.33 bits per heavy atom. The first-order valence-corrected chi connectivity index (χ1v) is 5.45. The zero-order valence-electron chi connectivity index (χ0n) is 10.2. The van der Waals surface area contributed by atoms with Gasteiger partial charge in [-0.2, -0.15) is 4.98 Å². The van der Waals surface area contributed by atoms with Gasteiger partial charge in [-0.3, -0.25) is 14.9 Å². The number of pyridine rings is 1. The Morgan fingerprint density at radius 2 is 2.00 bits per heavy atom. The van der Waals surface area contributed by atoms with Crippen LogP contribution in [0.3, 0.4) is 0 Å². The van der Waals surface area contributed by atoms with Gasteiger partial charge in [0.05, 0.1) is 6.54 Å². The molecule has 0 saturated carbocycles. The molecule has 0 spiro atoms. The van der Waals surface area contributed by atoms with E-state index < -0.39 is 0 Å². The highest BCUT2D eigenvalue weighted by Gasteiger charge is 2.08. The first kappa shape index (κ1) is 12.0. The molecule has 0 radical (unpaired) electrons. The number of anilines is 1. The van der Waals surface area contributed by atoms with Crippen LogP contribution in [0.1, 0.15) is 27.6 Å². The van der Waals surface area contributed by atoms with Crippen LogP contribution in [0.25, 0.3) is 0 Å². The second kappa shape index (κ2) is 4.82. The van der Waals surface area contributed by atoms with Crippen LogP contribution in [-0.2, 0) is 6.54 Å². The summed E-state index contributed by atoms with van der Waals surface area (Å²) in [7, 11) is 0. The Labute approximate surface area is 104 Å². The van der Waals surface area contributed by atoms with Crippen molar-refractivity contribution in [2.75, 3.05) is 5.73 Å². The summed E-state index contributed by atoms with van der Waals surface area (Å²) in [5.41, 5.74) is 7.56. The smallest absolute Gasteiger partial charge is 0.251 e. The van der Waals surface area contributed by atoms with Crippen LogP contribution in [0.5, 0.6) is 0 Å². The van der Waals surface area contributed by atoms with Gasteiger partial charge in [0.15, 0.2) is 0 Å². The molecule has 0 bridgehead atoms. The molecule has 0 atom stereocenters. The van der Waals surface area contributed by atoms with Crippen molar-refractivity contribution in [3.63, 3.8) is 0 Å². The van der Waals surface area contributed by atoms with E-state index in [-0.39, 0.29) is 18.4 Å². The molecule has 0 fully saturated rings. The molecule has 0 aliphatic rings. The third-order valence-corrected chi connectivity index (χ3v) is 2.31. The van der Waals surface area contributed by atoms with E-state index in [0.29, 0.717) is 11.4 Å². The Balaban J connectivity index is 2.03. The number of aromatic nitrogens is 4. The highest BCUT2D eigenvalue weighted by Crippen LogP contribution is 2.05. The minimum absolute atomic E-state index is 0.162. The molecular formula is C11H14N6O. The molecule has 2 aromatic rings. The van der Waals surface area contributed by atoms with Gasteiger partial charge in [0.25, 0.3) is 5.91 Å². The second-order valence-electron chi connectivity index (χ2n) is 3.96. The number of amides is 1. The molecule has 7 heteroatoms. The van der Waals surface area contributed by atoms with E-state index in [0.717, 1.165) is 11.4 Å². The number of nitrogen functional groups attached to an aromatic ring is 1. The number of aromatic amines is 1. The number of nitrogens with zero attached hydrogens (tertiary/aromatic N) is 3. The van der Waals surface area contributed by atoms with Crippen LogP contribution in [0.2, 0.25) is 0 Å². The number of nitrogens with two attached hydrogens (primary N) is 1. The highest BCUT2D eigenvalue weighted by molar-refractivity contribution is 5.94. The van der Waals surface area contributed by atoms with Gasteiger partial charge in [-0.25, -0.2) is 0 Å². The Hall–Kier alpha value is -2.44. The molecule has 1 amide bonds. The summed E-state index contributed by atoms with van der Waals surface area (Å²) >= 11 is 0.